The zero-order valence-electron chi connectivity index (χ0n) is 11.1. The maximum absolute atomic E-state index is 12.0. The van der Waals surface area contributed by atoms with Gasteiger partial charge in [0.25, 0.3) is 10.0 Å². The maximum Gasteiger partial charge on any atom is 0.276 e. The van der Waals surface area contributed by atoms with Crippen LogP contribution in [0.1, 0.15) is 11.1 Å². The molecule has 2 aromatic carbocycles. The minimum Gasteiger partial charge on any atom is -0.506 e. The van der Waals surface area contributed by atoms with Crippen LogP contribution in [0.2, 0.25) is 5.02 Å². The Labute approximate surface area is 127 Å². The van der Waals surface area contributed by atoms with Crippen molar-refractivity contribution in [1.82, 2.24) is 4.83 Å². The zero-order chi connectivity index (χ0) is 15.5. The van der Waals surface area contributed by atoms with Gasteiger partial charge in [-0.05, 0) is 42.8 Å². The number of rotatable bonds is 4. The van der Waals surface area contributed by atoms with Crippen LogP contribution in [0.5, 0.6) is 5.75 Å². The molecule has 0 fully saturated rings. The van der Waals surface area contributed by atoms with Crippen LogP contribution >= 0.6 is 11.6 Å². The van der Waals surface area contributed by atoms with E-state index in [0.717, 1.165) is 5.56 Å². The van der Waals surface area contributed by atoms with Crippen molar-refractivity contribution < 1.29 is 13.5 Å². The number of benzene rings is 2. The number of nitrogens with one attached hydrogen (secondary N) is 1. The molecule has 0 aliphatic heterocycles. The minimum absolute atomic E-state index is 0.0472. The molecule has 2 aromatic rings. The van der Waals surface area contributed by atoms with Crippen LogP contribution in [-0.2, 0) is 10.0 Å². The van der Waals surface area contributed by atoms with Crippen LogP contribution in [0.15, 0.2) is 52.5 Å². The molecule has 5 nitrogen and oxygen atoms in total. The van der Waals surface area contributed by atoms with Crippen molar-refractivity contribution in [1.29, 1.82) is 0 Å². The fraction of sp³-hybridized carbons (Fsp3) is 0.0714. The molecule has 0 saturated carbocycles. The van der Waals surface area contributed by atoms with E-state index in [-0.39, 0.29) is 15.7 Å². The highest BCUT2D eigenvalue weighted by Crippen LogP contribution is 2.22. The third-order valence-electron chi connectivity index (χ3n) is 2.69. The summed E-state index contributed by atoms with van der Waals surface area (Å²) in [6.45, 7) is 1.87. The normalized spacial score (nSPS) is 11.7. The summed E-state index contributed by atoms with van der Waals surface area (Å²) in [7, 11) is -3.70. The first-order valence-corrected chi connectivity index (χ1v) is 7.85. The van der Waals surface area contributed by atoms with Gasteiger partial charge >= 0.3 is 0 Å². The van der Waals surface area contributed by atoms with Crippen molar-refractivity contribution in [2.45, 2.75) is 11.8 Å². The summed E-state index contributed by atoms with van der Waals surface area (Å²) in [6, 6.07) is 10.9. The molecule has 0 atom stereocenters. The highest BCUT2D eigenvalue weighted by Gasteiger charge is 2.11. The predicted molar refractivity (Wildman–Crippen MR) is 82.2 cm³/mol. The van der Waals surface area contributed by atoms with Gasteiger partial charge in [0.1, 0.15) is 5.75 Å². The van der Waals surface area contributed by atoms with Crippen LogP contribution in [0, 0.1) is 6.92 Å². The summed E-state index contributed by atoms with van der Waals surface area (Å²) in [6.07, 6.45) is 1.30. The summed E-state index contributed by atoms with van der Waals surface area (Å²) in [5, 5.41) is 13.1. The first-order chi connectivity index (χ1) is 9.88. The van der Waals surface area contributed by atoms with E-state index in [2.05, 4.69) is 9.93 Å². The Kier molecular flexibility index (Phi) is 4.50. The molecule has 2 rings (SSSR count). The van der Waals surface area contributed by atoms with Gasteiger partial charge in [-0.2, -0.15) is 13.5 Å². The van der Waals surface area contributed by atoms with Crippen molar-refractivity contribution in [3.8, 4) is 5.75 Å². The number of nitrogens with zero attached hydrogens (tertiary/aromatic N) is 1. The highest BCUT2D eigenvalue weighted by molar-refractivity contribution is 7.89. The summed E-state index contributed by atoms with van der Waals surface area (Å²) in [5.74, 6) is -0.0472. The van der Waals surface area contributed by atoms with E-state index < -0.39 is 10.0 Å². The van der Waals surface area contributed by atoms with Crippen LogP contribution < -0.4 is 4.83 Å². The van der Waals surface area contributed by atoms with Crippen LogP contribution in [0.4, 0.5) is 0 Å². The molecule has 0 saturated heterocycles. The maximum atomic E-state index is 12.0. The Hall–Kier alpha value is -2.05. The largest absolute Gasteiger partial charge is 0.506 e. The van der Waals surface area contributed by atoms with Crippen molar-refractivity contribution in [2.24, 2.45) is 5.10 Å². The van der Waals surface area contributed by atoms with Gasteiger partial charge in [0.15, 0.2) is 0 Å². The van der Waals surface area contributed by atoms with E-state index in [9.17, 15) is 13.5 Å². The lowest BCUT2D eigenvalue weighted by Crippen LogP contribution is -2.18. The number of aryl methyl sites for hydroxylation is 1. The van der Waals surface area contributed by atoms with Crippen molar-refractivity contribution in [3.63, 3.8) is 0 Å². The number of halogens is 1. The molecule has 0 bridgehead atoms. The number of phenols is 1. The molecular weight excluding hydrogens is 312 g/mol. The number of hydrogen-bond donors (Lipinski definition) is 2. The summed E-state index contributed by atoms with van der Waals surface area (Å²) in [5.41, 5.74) is 1.53. The lowest BCUT2D eigenvalue weighted by molar-refractivity contribution is 0.475. The average Bonchev–Trinajstić information content (AvgIpc) is 2.43. The quantitative estimate of drug-likeness (QED) is 0.670. The Morgan fingerprint density at radius 2 is 1.86 bits per heavy atom. The monoisotopic (exact) mass is 324 g/mol. The van der Waals surface area contributed by atoms with Gasteiger partial charge < -0.3 is 5.11 Å². The second-order valence-electron chi connectivity index (χ2n) is 4.38. The Morgan fingerprint density at radius 3 is 2.48 bits per heavy atom. The van der Waals surface area contributed by atoms with Gasteiger partial charge in [0.05, 0.1) is 16.1 Å². The number of hydrogen-bond acceptors (Lipinski definition) is 4. The summed E-state index contributed by atoms with van der Waals surface area (Å²) < 4.78 is 23.9. The lowest BCUT2D eigenvalue weighted by atomic mass is 10.2. The van der Waals surface area contributed by atoms with Gasteiger partial charge in [0.2, 0.25) is 0 Å². The Morgan fingerprint density at radius 1 is 1.19 bits per heavy atom. The number of aromatic hydroxyl groups is 1. The number of hydrazone groups is 1. The molecule has 0 unspecified atom stereocenters. The molecule has 0 amide bonds. The van der Waals surface area contributed by atoms with Gasteiger partial charge in [0, 0.05) is 0 Å². The van der Waals surface area contributed by atoms with Crippen molar-refractivity contribution in [3.05, 3.63) is 58.6 Å². The van der Waals surface area contributed by atoms with E-state index in [4.69, 9.17) is 11.6 Å². The van der Waals surface area contributed by atoms with Gasteiger partial charge in [-0.1, -0.05) is 29.3 Å². The molecule has 7 heteroatoms. The van der Waals surface area contributed by atoms with Crippen molar-refractivity contribution >= 4 is 27.8 Å². The van der Waals surface area contributed by atoms with E-state index in [1.807, 2.05) is 6.92 Å². The van der Waals surface area contributed by atoms with Gasteiger partial charge in [-0.3, -0.25) is 0 Å². The number of phenolic OH excluding ortho intramolecular Hbond substituents is 1. The van der Waals surface area contributed by atoms with Crippen molar-refractivity contribution in [2.75, 3.05) is 0 Å². The molecule has 0 spiro atoms. The average molecular weight is 325 g/mol. The smallest absolute Gasteiger partial charge is 0.276 e. The van der Waals surface area contributed by atoms with Gasteiger partial charge in [-0.15, -0.1) is 0 Å². The molecule has 2 N–H and O–H groups in total. The molecule has 21 heavy (non-hydrogen) atoms. The SMILES string of the molecule is Cc1ccc(S(=O)(=O)NN=Cc2ccc(O)c(Cl)c2)cc1. The van der Waals surface area contributed by atoms with Gasteiger partial charge in [-0.25, -0.2) is 4.83 Å². The summed E-state index contributed by atoms with van der Waals surface area (Å²) >= 11 is 5.74. The fourth-order valence-electron chi connectivity index (χ4n) is 1.54. The zero-order valence-corrected chi connectivity index (χ0v) is 12.7. The topological polar surface area (TPSA) is 78.8 Å². The molecule has 0 aromatic heterocycles. The molecule has 110 valence electrons. The molecular formula is C14H13ClN2O3S. The molecule has 0 aliphatic carbocycles. The first kappa shape index (κ1) is 15.3. The van der Waals surface area contributed by atoms with E-state index in [1.54, 1.807) is 18.2 Å². The second-order valence-corrected chi connectivity index (χ2v) is 6.44. The third-order valence-corrected chi connectivity index (χ3v) is 4.23. The van der Waals surface area contributed by atoms with E-state index in [0.29, 0.717) is 5.56 Å². The van der Waals surface area contributed by atoms with E-state index in [1.165, 1.54) is 30.5 Å². The van der Waals surface area contributed by atoms with Crippen LogP contribution in [0.25, 0.3) is 0 Å². The predicted octanol–water partition coefficient (Wildman–Crippen LogP) is 2.67. The molecule has 0 heterocycles. The Bertz CT molecular complexity index is 771. The second kappa shape index (κ2) is 6.15. The summed E-state index contributed by atoms with van der Waals surface area (Å²) in [4.78, 5) is 2.25. The molecule has 0 aliphatic rings. The molecule has 0 radical (unpaired) electrons. The van der Waals surface area contributed by atoms with Crippen LogP contribution in [0.3, 0.4) is 0 Å². The lowest BCUT2D eigenvalue weighted by Gasteiger charge is -2.03. The first-order valence-electron chi connectivity index (χ1n) is 5.98. The Balaban J connectivity index is 2.12. The van der Waals surface area contributed by atoms with Crippen LogP contribution in [-0.4, -0.2) is 19.7 Å². The minimum atomic E-state index is -3.70. The number of sulfonamides is 1. The third kappa shape index (κ3) is 3.96. The standard InChI is InChI=1S/C14H13ClN2O3S/c1-10-2-5-12(6-3-10)21(19,20)17-16-9-11-4-7-14(18)13(15)8-11/h2-9,17-18H,1H3. The highest BCUT2D eigenvalue weighted by atomic mass is 35.5. The van der Waals surface area contributed by atoms with E-state index >= 15 is 0 Å². The fourth-order valence-corrected chi connectivity index (χ4v) is 2.52.